The van der Waals surface area contributed by atoms with E-state index in [9.17, 15) is 4.79 Å². The maximum Gasteiger partial charge on any atom is 0.224 e. The van der Waals surface area contributed by atoms with Gasteiger partial charge in [-0.15, -0.1) is 0 Å². The molecule has 1 unspecified atom stereocenters. The molecule has 1 N–H and O–H groups in total. The molecule has 3 rings (SSSR count). The van der Waals surface area contributed by atoms with Crippen molar-refractivity contribution in [3.8, 4) is 5.75 Å². The number of para-hydroxylation sites is 1. The van der Waals surface area contributed by atoms with E-state index >= 15 is 0 Å². The molecule has 1 aromatic carbocycles. The first-order valence-corrected chi connectivity index (χ1v) is 9.85. The number of thioether (sulfide) groups is 1. The molecular formula is C18H27N3O2S. The normalized spacial score (nSPS) is 22.4. The number of nitrogens with one attached hydrogen (secondary N) is 1. The van der Waals surface area contributed by atoms with Gasteiger partial charge in [0, 0.05) is 68.8 Å². The average molecular weight is 350 g/mol. The van der Waals surface area contributed by atoms with Crippen molar-refractivity contribution in [2.75, 3.05) is 51.3 Å². The van der Waals surface area contributed by atoms with E-state index in [0.717, 1.165) is 56.5 Å². The molecule has 0 bridgehead atoms. The fourth-order valence-corrected chi connectivity index (χ4v) is 4.27. The summed E-state index contributed by atoms with van der Waals surface area (Å²) in [5, 5.41) is 3.45. The Labute approximate surface area is 148 Å². The second-order valence-electron chi connectivity index (χ2n) is 6.40. The van der Waals surface area contributed by atoms with E-state index in [4.69, 9.17) is 4.74 Å². The van der Waals surface area contributed by atoms with Crippen molar-refractivity contribution in [1.29, 1.82) is 0 Å². The highest BCUT2D eigenvalue weighted by atomic mass is 32.2. The van der Waals surface area contributed by atoms with Crippen LogP contribution in [0.25, 0.3) is 0 Å². The van der Waals surface area contributed by atoms with Gasteiger partial charge in [0.15, 0.2) is 0 Å². The summed E-state index contributed by atoms with van der Waals surface area (Å²) < 4.78 is 5.43. The number of piperazine rings is 1. The Kier molecular flexibility index (Phi) is 6.40. The summed E-state index contributed by atoms with van der Waals surface area (Å²) in [7, 11) is 1.72. The number of amides is 1. The van der Waals surface area contributed by atoms with E-state index in [2.05, 4.69) is 16.3 Å². The molecule has 24 heavy (non-hydrogen) atoms. The fraction of sp³-hybridized carbons (Fsp3) is 0.611. The fourth-order valence-electron chi connectivity index (χ4n) is 3.32. The predicted molar refractivity (Wildman–Crippen MR) is 98.6 cm³/mol. The molecule has 0 spiro atoms. The van der Waals surface area contributed by atoms with Crippen molar-refractivity contribution >= 4 is 17.7 Å². The van der Waals surface area contributed by atoms with Crippen LogP contribution in [-0.4, -0.2) is 73.1 Å². The largest absolute Gasteiger partial charge is 0.496 e. The number of carbonyl (C=O) groups is 1. The van der Waals surface area contributed by atoms with Crippen molar-refractivity contribution in [2.45, 2.75) is 19.0 Å². The van der Waals surface area contributed by atoms with Gasteiger partial charge in [-0.1, -0.05) is 18.2 Å². The Bertz CT molecular complexity index is 541. The lowest BCUT2D eigenvalue weighted by atomic mass is 10.1. The van der Waals surface area contributed by atoms with Gasteiger partial charge in [0.25, 0.3) is 0 Å². The zero-order valence-corrected chi connectivity index (χ0v) is 15.2. The van der Waals surface area contributed by atoms with Gasteiger partial charge in [-0.05, 0) is 6.07 Å². The SMILES string of the molecule is COc1ccccc1CN1CCN(C(=O)CC2CSCCN2)CC1. The Hall–Kier alpha value is -1.24. The molecule has 6 heteroatoms. The van der Waals surface area contributed by atoms with Crippen molar-refractivity contribution in [2.24, 2.45) is 0 Å². The van der Waals surface area contributed by atoms with Gasteiger partial charge in [0.2, 0.25) is 5.91 Å². The zero-order valence-electron chi connectivity index (χ0n) is 14.4. The van der Waals surface area contributed by atoms with E-state index < -0.39 is 0 Å². The molecule has 2 fully saturated rings. The zero-order chi connectivity index (χ0) is 16.8. The molecule has 5 nitrogen and oxygen atoms in total. The monoisotopic (exact) mass is 349 g/mol. The molecular weight excluding hydrogens is 322 g/mol. The minimum Gasteiger partial charge on any atom is -0.496 e. The molecule has 2 heterocycles. The maximum atomic E-state index is 12.5. The van der Waals surface area contributed by atoms with Gasteiger partial charge in [-0.3, -0.25) is 9.69 Å². The van der Waals surface area contributed by atoms with Crippen molar-refractivity contribution in [3.05, 3.63) is 29.8 Å². The lowest BCUT2D eigenvalue weighted by Crippen LogP contribution is -2.50. The number of benzene rings is 1. The minimum absolute atomic E-state index is 0.298. The number of methoxy groups -OCH3 is 1. The van der Waals surface area contributed by atoms with Crippen LogP contribution in [0.5, 0.6) is 5.75 Å². The third-order valence-electron chi connectivity index (χ3n) is 4.73. The van der Waals surface area contributed by atoms with Crippen LogP contribution in [0.1, 0.15) is 12.0 Å². The Morgan fingerprint density at radius 3 is 2.79 bits per heavy atom. The van der Waals surface area contributed by atoms with Crippen LogP contribution in [0.2, 0.25) is 0 Å². The highest BCUT2D eigenvalue weighted by Crippen LogP contribution is 2.20. The summed E-state index contributed by atoms with van der Waals surface area (Å²) in [6.45, 7) is 5.41. The Morgan fingerprint density at radius 1 is 1.29 bits per heavy atom. The first-order valence-electron chi connectivity index (χ1n) is 8.69. The highest BCUT2D eigenvalue weighted by molar-refractivity contribution is 7.99. The number of ether oxygens (including phenoxy) is 1. The maximum absolute atomic E-state index is 12.5. The van der Waals surface area contributed by atoms with Crippen molar-refractivity contribution in [1.82, 2.24) is 15.1 Å². The minimum atomic E-state index is 0.298. The van der Waals surface area contributed by atoms with Gasteiger partial charge in [0.1, 0.15) is 5.75 Å². The first kappa shape index (κ1) is 17.6. The van der Waals surface area contributed by atoms with Crippen LogP contribution >= 0.6 is 11.8 Å². The molecule has 0 aromatic heterocycles. The van der Waals surface area contributed by atoms with E-state index in [0.29, 0.717) is 18.4 Å². The topological polar surface area (TPSA) is 44.8 Å². The van der Waals surface area contributed by atoms with Gasteiger partial charge < -0.3 is 15.0 Å². The number of rotatable bonds is 5. The van der Waals surface area contributed by atoms with Crippen LogP contribution in [0.4, 0.5) is 0 Å². The van der Waals surface area contributed by atoms with Crippen LogP contribution in [0.15, 0.2) is 24.3 Å². The molecule has 2 aliphatic heterocycles. The smallest absolute Gasteiger partial charge is 0.224 e. The third-order valence-corrected chi connectivity index (χ3v) is 5.86. The summed E-state index contributed by atoms with van der Waals surface area (Å²) in [5.74, 6) is 3.45. The molecule has 132 valence electrons. The lowest BCUT2D eigenvalue weighted by molar-refractivity contribution is -0.133. The van der Waals surface area contributed by atoms with Gasteiger partial charge in [0.05, 0.1) is 7.11 Å². The molecule has 1 atom stereocenters. The van der Waals surface area contributed by atoms with Gasteiger partial charge >= 0.3 is 0 Å². The molecule has 0 radical (unpaired) electrons. The molecule has 1 aromatic rings. The Morgan fingerprint density at radius 2 is 2.08 bits per heavy atom. The lowest BCUT2D eigenvalue weighted by Gasteiger charge is -2.36. The summed E-state index contributed by atoms with van der Waals surface area (Å²) >= 11 is 1.94. The van der Waals surface area contributed by atoms with E-state index in [1.807, 2.05) is 34.9 Å². The number of nitrogens with zero attached hydrogens (tertiary/aromatic N) is 2. The van der Waals surface area contributed by atoms with E-state index in [1.165, 1.54) is 5.56 Å². The molecule has 1 amide bonds. The van der Waals surface area contributed by atoms with Crippen LogP contribution in [0.3, 0.4) is 0 Å². The average Bonchev–Trinajstić information content (AvgIpc) is 2.63. The standard InChI is InChI=1S/C18H27N3O2S/c1-23-17-5-3-2-4-15(17)13-20-7-9-21(10-8-20)18(22)12-16-14-24-11-6-19-16/h2-5,16,19H,6-14H2,1H3. The predicted octanol–water partition coefficient (Wildman–Crippen LogP) is 1.43. The Balaban J connectivity index is 1.46. The van der Waals surface area contributed by atoms with E-state index in [-0.39, 0.29) is 0 Å². The number of hydrogen-bond acceptors (Lipinski definition) is 5. The molecule has 0 saturated carbocycles. The van der Waals surface area contributed by atoms with Crippen molar-refractivity contribution in [3.63, 3.8) is 0 Å². The van der Waals surface area contributed by atoms with E-state index in [1.54, 1.807) is 7.11 Å². The highest BCUT2D eigenvalue weighted by Gasteiger charge is 2.24. The first-order chi connectivity index (χ1) is 11.8. The number of carbonyl (C=O) groups excluding carboxylic acids is 1. The quantitative estimate of drug-likeness (QED) is 0.871. The van der Waals surface area contributed by atoms with Crippen LogP contribution in [-0.2, 0) is 11.3 Å². The third kappa shape index (κ3) is 4.65. The summed E-state index contributed by atoms with van der Waals surface area (Å²) in [6.07, 6.45) is 0.638. The second-order valence-corrected chi connectivity index (χ2v) is 7.55. The molecule has 0 aliphatic carbocycles. The van der Waals surface area contributed by atoms with Crippen molar-refractivity contribution < 1.29 is 9.53 Å². The van der Waals surface area contributed by atoms with Crippen LogP contribution in [0, 0.1) is 0 Å². The molecule has 2 saturated heterocycles. The van der Waals surface area contributed by atoms with Crippen LogP contribution < -0.4 is 10.1 Å². The summed E-state index contributed by atoms with van der Waals surface area (Å²) in [6, 6.07) is 8.51. The number of hydrogen-bond donors (Lipinski definition) is 1. The summed E-state index contributed by atoms with van der Waals surface area (Å²) in [5.41, 5.74) is 1.21. The van der Waals surface area contributed by atoms with Gasteiger partial charge in [-0.2, -0.15) is 11.8 Å². The second kappa shape index (κ2) is 8.74. The molecule has 2 aliphatic rings. The van der Waals surface area contributed by atoms with Gasteiger partial charge in [-0.25, -0.2) is 0 Å². The summed E-state index contributed by atoms with van der Waals surface area (Å²) in [4.78, 5) is 16.9.